The molecule has 0 amide bonds. The Bertz CT molecular complexity index is 2490. The molecule has 0 spiro atoms. The zero-order valence-corrected chi connectivity index (χ0v) is 32.2. The van der Waals surface area contributed by atoms with E-state index < -0.39 is 7.12 Å². The quantitative estimate of drug-likeness (QED) is 0.101. The highest BCUT2D eigenvalue weighted by Crippen LogP contribution is 2.34. The normalized spacial score (nSPS) is 10.4. The van der Waals surface area contributed by atoms with Crippen LogP contribution in [-0.4, -0.2) is 17.2 Å². The molecule has 8 rings (SSSR count). The Balaban J connectivity index is 0.000000152. The van der Waals surface area contributed by atoms with Gasteiger partial charge in [-0.05, 0) is 105 Å². The molecule has 0 heterocycles. The average molecular weight is 751 g/mol. The van der Waals surface area contributed by atoms with E-state index in [1.807, 2.05) is 78.9 Å². The number of aryl methyl sites for hydroxylation is 2. The largest absolute Gasteiger partial charge is 0.488 e. The van der Waals surface area contributed by atoms with Gasteiger partial charge in [-0.2, -0.15) is 0 Å². The molecule has 6 N–H and O–H groups in total. The number of anilines is 2. The molecule has 0 aliphatic carbocycles. The van der Waals surface area contributed by atoms with Crippen LogP contribution in [0.1, 0.15) is 11.1 Å². The molecule has 0 fully saturated rings. The summed E-state index contributed by atoms with van der Waals surface area (Å²) >= 11 is 5.96. The lowest BCUT2D eigenvalue weighted by atomic mass is 9.80. The van der Waals surface area contributed by atoms with Gasteiger partial charge in [0.25, 0.3) is 0 Å². The SMILES string of the molecule is Cc1ccccc1-c1cc(-c2ccc(-c3ccccc3)cc2)ccc1N.Cc1ccccc1-c1cc(Cl)ccc1N.OB(O)c1ccc(-c2ccccc2)cc1. The van der Waals surface area contributed by atoms with Gasteiger partial charge in [0.15, 0.2) is 0 Å². The lowest BCUT2D eigenvalue weighted by molar-refractivity contribution is 0.426. The predicted octanol–water partition coefficient (Wildman–Crippen LogP) is 11.5. The fourth-order valence-electron chi connectivity index (χ4n) is 6.45. The fraction of sp³-hybridized carbons (Fsp3) is 0.0400. The number of halogens is 1. The van der Waals surface area contributed by atoms with Crippen LogP contribution in [0.15, 0.2) is 194 Å². The highest BCUT2D eigenvalue weighted by molar-refractivity contribution is 6.58. The predicted molar refractivity (Wildman–Crippen MR) is 240 cm³/mol. The Labute approximate surface area is 335 Å². The topological polar surface area (TPSA) is 92.5 Å². The Morgan fingerprint density at radius 3 is 1.20 bits per heavy atom. The van der Waals surface area contributed by atoms with Crippen molar-refractivity contribution >= 4 is 35.6 Å². The van der Waals surface area contributed by atoms with Crippen LogP contribution in [0.25, 0.3) is 55.6 Å². The van der Waals surface area contributed by atoms with Crippen LogP contribution >= 0.6 is 11.6 Å². The van der Waals surface area contributed by atoms with Gasteiger partial charge in [0, 0.05) is 27.5 Å². The molecule has 0 bridgehead atoms. The van der Waals surface area contributed by atoms with Crippen molar-refractivity contribution in [2.45, 2.75) is 13.8 Å². The Hall–Kier alpha value is -6.37. The third kappa shape index (κ3) is 10.0. The van der Waals surface area contributed by atoms with Gasteiger partial charge in [-0.15, -0.1) is 0 Å². The smallest absolute Gasteiger partial charge is 0.423 e. The van der Waals surface area contributed by atoms with Crippen molar-refractivity contribution in [2.75, 3.05) is 11.5 Å². The zero-order chi connectivity index (χ0) is 39.4. The van der Waals surface area contributed by atoms with Crippen molar-refractivity contribution in [3.05, 3.63) is 210 Å². The molecule has 0 saturated heterocycles. The second-order valence-corrected chi connectivity index (χ2v) is 13.9. The van der Waals surface area contributed by atoms with Gasteiger partial charge in [0.05, 0.1) is 0 Å². The average Bonchev–Trinajstić information content (AvgIpc) is 3.24. The van der Waals surface area contributed by atoms with Gasteiger partial charge in [0.2, 0.25) is 0 Å². The lowest BCUT2D eigenvalue weighted by Crippen LogP contribution is -2.29. The van der Waals surface area contributed by atoms with Gasteiger partial charge in [-0.1, -0.05) is 175 Å². The molecule has 8 aromatic rings. The second kappa shape index (κ2) is 18.8. The first-order chi connectivity index (χ1) is 27.2. The summed E-state index contributed by atoms with van der Waals surface area (Å²) < 4.78 is 0. The molecule has 0 aliphatic rings. The Morgan fingerprint density at radius 1 is 0.375 bits per heavy atom. The summed E-state index contributed by atoms with van der Waals surface area (Å²) in [6.07, 6.45) is 0. The van der Waals surface area contributed by atoms with Crippen LogP contribution < -0.4 is 16.9 Å². The summed E-state index contributed by atoms with van der Waals surface area (Å²) in [5, 5.41) is 18.6. The number of hydrogen-bond acceptors (Lipinski definition) is 4. The molecule has 8 aromatic carbocycles. The molecule has 6 heteroatoms. The minimum Gasteiger partial charge on any atom is -0.423 e. The van der Waals surface area contributed by atoms with E-state index in [0.717, 1.165) is 39.2 Å². The number of nitrogen functional groups attached to an aromatic ring is 2. The number of hydrogen-bond donors (Lipinski definition) is 4. The van der Waals surface area contributed by atoms with Crippen LogP contribution in [0.4, 0.5) is 11.4 Å². The minimum atomic E-state index is -1.39. The highest BCUT2D eigenvalue weighted by atomic mass is 35.5. The van der Waals surface area contributed by atoms with E-state index >= 15 is 0 Å². The molecule has 0 radical (unpaired) electrons. The summed E-state index contributed by atoms with van der Waals surface area (Å²) in [6, 6.07) is 64.6. The first-order valence-corrected chi connectivity index (χ1v) is 18.8. The van der Waals surface area contributed by atoms with Crippen molar-refractivity contribution in [1.82, 2.24) is 0 Å². The Kier molecular flexibility index (Phi) is 13.2. The molecule has 56 heavy (non-hydrogen) atoms. The van der Waals surface area contributed by atoms with E-state index in [1.54, 1.807) is 18.2 Å². The van der Waals surface area contributed by atoms with Gasteiger partial charge in [-0.25, -0.2) is 0 Å². The molecule has 0 aliphatic heterocycles. The van der Waals surface area contributed by atoms with E-state index in [1.165, 1.54) is 38.9 Å². The molecule has 0 unspecified atom stereocenters. The summed E-state index contributed by atoms with van der Waals surface area (Å²) in [7, 11) is -1.39. The van der Waals surface area contributed by atoms with E-state index in [9.17, 15) is 0 Å². The zero-order valence-electron chi connectivity index (χ0n) is 31.5. The first kappa shape index (κ1) is 39.3. The third-order valence-electron chi connectivity index (χ3n) is 9.58. The van der Waals surface area contributed by atoms with Crippen molar-refractivity contribution in [1.29, 1.82) is 0 Å². The minimum absolute atomic E-state index is 0.509. The van der Waals surface area contributed by atoms with E-state index in [4.69, 9.17) is 33.1 Å². The van der Waals surface area contributed by atoms with E-state index in [-0.39, 0.29) is 0 Å². The van der Waals surface area contributed by atoms with Gasteiger partial charge >= 0.3 is 7.12 Å². The van der Waals surface area contributed by atoms with Crippen LogP contribution in [0.5, 0.6) is 0 Å². The van der Waals surface area contributed by atoms with Crippen LogP contribution in [0.2, 0.25) is 5.02 Å². The fourth-order valence-corrected chi connectivity index (χ4v) is 6.62. The van der Waals surface area contributed by atoms with E-state index in [2.05, 4.69) is 111 Å². The molecule has 0 saturated carbocycles. The second-order valence-electron chi connectivity index (χ2n) is 13.5. The number of rotatable bonds is 6. The van der Waals surface area contributed by atoms with Crippen LogP contribution in [-0.2, 0) is 0 Å². The molecular weight excluding hydrogens is 707 g/mol. The lowest BCUT2D eigenvalue weighted by Gasteiger charge is -2.12. The molecule has 276 valence electrons. The van der Waals surface area contributed by atoms with Crippen molar-refractivity contribution in [2.24, 2.45) is 0 Å². The molecule has 0 atom stereocenters. The summed E-state index contributed by atoms with van der Waals surface area (Å²) in [5.74, 6) is 0. The highest BCUT2D eigenvalue weighted by Gasteiger charge is 2.11. The molecule has 4 nitrogen and oxygen atoms in total. The maximum Gasteiger partial charge on any atom is 0.488 e. The summed E-state index contributed by atoms with van der Waals surface area (Å²) in [4.78, 5) is 0. The number of nitrogens with two attached hydrogens (primary N) is 2. The maximum atomic E-state index is 8.94. The van der Waals surface area contributed by atoms with E-state index in [0.29, 0.717) is 10.5 Å². The van der Waals surface area contributed by atoms with Crippen molar-refractivity contribution < 1.29 is 10.0 Å². The van der Waals surface area contributed by atoms with Crippen molar-refractivity contribution in [3.8, 4) is 55.6 Å². The Morgan fingerprint density at radius 2 is 0.732 bits per heavy atom. The first-order valence-electron chi connectivity index (χ1n) is 18.4. The van der Waals surface area contributed by atoms with Gasteiger partial charge in [-0.3, -0.25) is 0 Å². The standard InChI is InChI=1S/C25H21N.C13H12ClN.C12H11BO2/c1-18-7-5-6-10-23(18)24-17-22(15-16-25(24)26)21-13-11-20(12-14-21)19-8-3-2-4-9-19;1-9-4-2-3-5-11(9)12-8-10(14)6-7-13(12)15;14-13(15)12-8-6-11(7-9-12)10-4-2-1-3-5-10/h2-17H,26H2,1H3;2-8H,15H2,1H3;1-9,14-15H. The summed E-state index contributed by atoms with van der Waals surface area (Å²) in [5.41, 5.74) is 28.1. The van der Waals surface area contributed by atoms with Crippen LogP contribution in [0, 0.1) is 13.8 Å². The van der Waals surface area contributed by atoms with Gasteiger partial charge in [0.1, 0.15) is 0 Å². The third-order valence-corrected chi connectivity index (χ3v) is 9.82. The molecular formula is C50H44BClN2O2. The number of benzene rings is 8. The summed E-state index contributed by atoms with van der Waals surface area (Å²) in [6.45, 7) is 4.19. The maximum absolute atomic E-state index is 8.94. The monoisotopic (exact) mass is 750 g/mol. The van der Waals surface area contributed by atoms with Crippen molar-refractivity contribution in [3.63, 3.8) is 0 Å². The molecule has 0 aromatic heterocycles. The van der Waals surface area contributed by atoms with Gasteiger partial charge < -0.3 is 21.5 Å². The van der Waals surface area contributed by atoms with Crippen LogP contribution in [0.3, 0.4) is 0 Å².